The standard InChI is InChI=1S/C24H28N2O6S/c1-23(2)12-20-13-24(3,15-23)16-25(20)33(30,31)21-9-5-7-18(11-21)22(27)32-14-17-6-4-8-19(10-17)26(28)29/h4-11,20H,12-16H2,1-3H3. The molecule has 2 aromatic rings. The average Bonchev–Trinajstić information content (AvgIpc) is 3.01. The van der Waals surface area contributed by atoms with E-state index >= 15 is 0 Å². The molecule has 4 rings (SSSR count). The van der Waals surface area contributed by atoms with E-state index in [4.69, 9.17) is 4.74 Å². The van der Waals surface area contributed by atoms with Gasteiger partial charge >= 0.3 is 5.97 Å². The van der Waals surface area contributed by atoms with Crippen LogP contribution in [0.4, 0.5) is 5.69 Å². The first-order valence-corrected chi connectivity index (χ1v) is 12.4. The molecular formula is C24H28N2O6S. The van der Waals surface area contributed by atoms with Gasteiger partial charge in [-0.25, -0.2) is 13.2 Å². The molecule has 1 saturated carbocycles. The third kappa shape index (κ3) is 4.79. The highest BCUT2D eigenvalue weighted by atomic mass is 32.2. The number of sulfonamides is 1. The number of nitro groups is 1. The molecule has 176 valence electrons. The van der Waals surface area contributed by atoms with Crippen LogP contribution in [0.15, 0.2) is 53.4 Å². The lowest BCUT2D eigenvalue weighted by Gasteiger charge is -2.39. The fraction of sp³-hybridized carbons (Fsp3) is 0.458. The van der Waals surface area contributed by atoms with E-state index in [1.807, 2.05) is 0 Å². The molecule has 33 heavy (non-hydrogen) atoms. The molecule has 2 aromatic carbocycles. The minimum Gasteiger partial charge on any atom is -0.457 e. The van der Waals surface area contributed by atoms with Gasteiger partial charge in [-0.05, 0) is 53.9 Å². The molecule has 2 bridgehead atoms. The first-order valence-electron chi connectivity index (χ1n) is 10.9. The molecule has 1 aliphatic carbocycles. The van der Waals surface area contributed by atoms with Crippen molar-refractivity contribution < 1.29 is 22.9 Å². The van der Waals surface area contributed by atoms with Crippen LogP contribution in [0.25, 0.3) is 0 Å². The maximum absolute atomic E-state index is 13.5. The maximum atomic E-state index is 13.5. The number of nitro benzene ring substituents is 1. The summed E-state index contributed by atoms with van der Waals surface area (Å²) in [4.78, 5) is 23.1. The van der Waals surface area contributed by atoms with Gasteiger partial charge in [0.25, 0.3) is 5.69 Å². The Balaban J connectivity index is 1.51. The van der Waals surface area contributed by atoms with Gasteiger partial charge in [-0.15, -0.1) is 0 Å². The van der Waals surface area contributed by atoms with Gasteiger partial charge in [0.15, 0.2) is 0 Å². The highest BCUT2D eigenvalue weighted by molar-refractivity contribution is 7.89. The van der Waals surface area contributed by atoms with E-state index < -0.39 is 20.9 Å². The molecule has 1 aliphatic heterocycles. The molecule has 0 amide bonds. The third-order valence-corrected chi connectivity index (χ3v) is 8.43. The van der Waals surface area contributed by atoms with E-state index in [2.05, 4.69) is 20.8 Å². The van der Waals surface area contributed by atoms with Gasteiger partial charge in [0.05, 0.1) is 15.4 Å². The Morgan fingerprint density at radius 3 is 2.61 bits per heavy atom. The van der Waals surface area contributed by atoms with Gasteiger partial charge in [0, 0.05) is 24.7 Å². The fourth-order valence-electron chi connectivity index (χ4n) is 5.60. The van der Waals surface area contributed by atoms with Crippen LogP contribution >= 0.6 is 0 Å². The maximum Gasteiger partial charge on any atom is 0.338 e. The molecular weight excluding hydrogens is 444 g/mol. The molecule has 8 nitrogen and oxygen atoms in total. The molecule has 0 aromatic heterocycles. The normalized spacial score (nSPS) is 24.4. The molecule has 1 heterocycles. The van der Waals surface area contributed by atoms with Crippen LogP contribution in [-0.2, 0) is 21.4 Å². The molecule has 2 fully saturated rings. The summed E-state index contributed by atoms with van der Waals surface area (Å²) < 4.78 is 33.9. The Hall–Kier alpha value is -2.78. The van der Waals surface area contributed by atoms with Crippen LogP contribution in [-0.4, -0.2) is 36.2 Å². The number of benzene rings is 2. The zero-order valence-corrected chi connectivity index (χ0v) is 19.8. The Morgan fingerprint density at radius 1 is 1.15 bits per heavy atom. The SMILES string of the molecule is CC1(C)CC2CC(C)(CN2S(=O)(=O)c2cccc(C(=O)OCc3cccc([N+](=O)[O-])c3)c2)C1. The molecule has 1 saturated heterocycles. The van der Waals surface area contributed by atoms with Crippen LogP contribution < -0.4 is 0 Å². The van der Waals surface area contributed by atoms with E-state index in [1.54, 1.807) is 10.4 Å². The Kier molecular flexibility index (Phi) is 5.82. The minimum absolute atomic E-state index is 0.0473. The Morgan fingerprint density at radius 2 is 1.88 bits per heavy atom. The van der Waals surface area contributed by atoms with Crippen molar-refractivity contribution in [2.24, 2.45) is 10.8 Å². The second-order valence-electron chi connectivity index (χ2n) is 10.3. The molecule has 2 unspecified atom stereocenters. The van der Waals surface area contributed by atoms with Crippen LogP contribution in [0.3, 0.4) is 0 Å². The fourth-order valence-corrected chi connectivity index (χ4v) is 7.42. The zero-order valence-electron chi connectivity index (χ0n) is 19.0. The van der Waals surface area contributed by atoms with Crippen molar-refractivity contribution in [2.45, 2.75) is 57.6 Å². The Labute approximate surface area is 193 Å². The van der Waals surface area contributed by atoms with Gasteiger partial charge in [0.1, 0.15) is 6.61 Å². The molecule has 0 spiro atoms. The number of carbonyl (C=O) groups excluding carboxylic acids is 1. The number of ether oxygens (including phenoxy) is 1. The summed E-state index contributed by atoms with van der Waals surface area (Å²) in [6.07, 6.45) is 2.64. The second kappa shape index (κ2) is 8.22. The molecule has 0 N–H and O–H groups in total. The lowest BCUT2D eigenvalue weighted by atomic mass is 9.65. The van der Waals surface area contributed by atoms with Gasteiger partial charge < -0.3 is 4.74 Å². The predicted octanol–water partition coefficient (Wildman–Crippen LogP) is 4.54. The number of rotatable bonds is 6. The predicted molar refractivity (Wildman–Crippen MR) is 122 cm³/mol. The summed E-state index contributed by atoms with van der Waals surface area (Å²) in [6, 6.07) is 11.7. The second-order valence-corrected chi connectivity index (χ2v) is 12.2. The zero-order chi connectivity index (χ0) is 24.0. The molecule has 0 radical (unpaired) electrons. The summed E-state index contributed by atoms with van der Waals surface area (Å²) in [6.45, 7) is 6.85. The van der Waals surface area contributed by atoms with E-state index in [1.165, 1.54) is 42.5 Å². The number of hydrogen-bond acceptors (Lipinski definition) is 6. The van der Waals surface area contributed by atoms with Crippen molar-refractivity contribution in [2.75, 3.05) is 6.54 Å². The number of nitrogens with zero attached hydrogens (tertiary/aromatic N) is 2. The van der Waals surface area contributed by atoms with Crippen molar-refractivity contribution in [3.8, 4) is 0 Å². The monoisotopic (exact) mass is 472 g/mol. The van der Waals surface area contributed by atoms with Crippen LogP contribution in [0.5, 0.6) is 0 Å². The number of carbonyl (C=O) groups is 1. The third-order valence-electron chi connectivity index (χ3n) is 6.53. The van der Waals surface area contributed by atoms with Gasteiger partial charge in [-0.2, -0.15) is 4.31 Å². The lowest BCUT2D eigenvalue weighted by molar-refractivity contribution is -0.384. The summed E-state index contributed by atoms with van der Waals surface area (Å²) >= 11 is 0. The highest BCUT2D eigenvalue weighted by Crippen LogP contribution is 2.53. The highest BCUT2D eigenvalue weighted by Gasteiger charge is 2.53. The van der Waals surface area contributed by atoms with E-state index in [0.717, 1.165) is 19.3 Å². The van der Waals surface area contributed by atoms with Crippen molar-refractivity contribution in [3.05, 3.63) is 69.8 Å². The first-order chi connectivity index (χ1) is 15.4. The van der Waals surface area contributed by atoms with Crippen molar-refractivity contribution >= 4 is 21.7 Å². The van der Waals surface area contributed by atoms with Crippen LogP contribution in [0, 0.1) is 20.9 Å². The number of non-ortho nitro benzene ring substituents is 1. The quantitative estimate of drug-likeness (QED) is 0.347. The van der Waals surface area contributed by atoms with E-state index in [0.29, 0.717) is 12.1 Å². The summed E-state index contributed by atoms with van der Waals surface area (Å²) in [5.74, 6) is -0.688. The van der Waals surface area contributed by atoms with Crippen molar-refractivity contribution in [1.82, 2.24) is 4.31 Å². The minimum atomic E-state index is -3.77. The smallest absolute Gasteiger partial charge is 0.338 e. The number of hydrogen-bond donors (Lipinski definition) is 0. The van der Waals surface area contributed by atoms with Gasteiger partial charge in [0.2, 0.25) is 10.0 Å². The van der Waals surface area contributed by atoms with Gasteiger partial charge in [-0.3, -0.25) is 10.1 Å². The van der Waals surface area contributed by atoms with E-state index in [-0.39, 0.29) is 39.6 Å². The van der Waals surface area contributed by atoms with Crippen molar-refractivity contribution in [3.63, 3.8) is 0 Å². The van der Waals surface area contributed by atoms with Crippen LogP contribution in [0.2, 0.25) is 0 Å². The van der Waals surface area contributed by atoms with Crippen molar-refractivity contribution in [1.29, 1.82) is 0 Å². The van der Waals surface area contributed by atoms with Crippen LogP contribution in [0.1, 0.15) is 56.0 Å². The first kappa shape index (κ1) is 23.4. The number of fused-ring (bicyclic) bond motifs is 2. The summed E-state index contributed by atoms with van der Waals surface area (Å²) in [7, 11) is -3.77. The molecule has 2 atom stereocenters. The Bertz CT molecular complexity index is 1210. The average molecular weight is 473 g/mol. The van der Waals surface area contributed by atoms with Gasteiger partial charge in [-0.1, -0.05) is 39.0 Å². The molecule has 9 heteroatoms. The largest absolute Gasteiger partial charge is 0.457 e. The topological polar surface area (TPSA) is 107 Å². The molecule has 2 aliphatic rings. The summed E-state index contributed by atoms with van der Waals surface area (Å²) in [5, 5.41) is 10.9. The lowest BCUT2D eigenvalue weighted by Crippen LogP contribution is -2.37. The summed E-state index contributed by atoms with van der Waals surface area (Å²) in [5.41, 5.74) is 0.537. The number of esters is 1. The van der Waals surface area contributed by atoms with E-state index in [9.17, 15) is 23.3 Å².